The van der Waals surface area contributed by atoms with Crippen LogP contribution in [-0.4, -0.2) is 67.9 Å². The highest BCUT2D eigenvalue weighted by molar-refractivity contribution is 7.99. The zero-order valence-electron chi connectivity index (χ0n) is 18.2. The quantitative estimate of drug-likeness (QED) is 0.196. The lowest BCUT2D eigenvalue weighted by Gasteiger charge is -2.26. The molecule has 0 aromatic heterocycles. The predicted molar refractivity (Wildman–Crippen MR) is 125 cm³/mol. The average Bonchev–Trinajstić information content (AvgIpc) is 2.70. The van der Waals surface area contributed by atoms with E-state index >= 15 is 0 Å². The van der Waals surface area contributed by atoms with Crippen molar-refractivity contribution < 1.29 is 20.4 Å². The van der Waals surface area contributed by atoms with Crippen LogP contribution in [0.5, 0.6) is 0 Å². The summed E-state index contributed by atoms with van der Waals surface area (Å²) in [5.74, 6) is 2.71. The molecule has 0 aromatic rings. The van der Waals surface area contributed by atoms with E-state index in [0.717, 1.165) is 24.3 Å². The fourth-order valence-corrected chi connectivity index (χ4v) is 5.06. The first-order chi connectivity index (χ1) is 13.5. The van der Waals surface area contributed by atoms with Crippen LogP contribution in [0, 0.1) is 0 Å². The van der Waals surface area contributed by atoms with Gasteiger partial charge in [-0.3, -0.25) is 0 Å². The molecule has 0 aliphatic heterocycles. The van der Waals surface area contributed by atoms with Crippen LogP contribution < -0.4 is 0 Å². The summed E-state index contributed by atoms with van der Waals surface area (Å²) in [4.78, 5) is 0. The lowest BCUT2D eigenvalue weighted by molar-refractivity contribution is -0.0922. The fraction of sp³-hybridized carbons (Fsp3) is 1.00. The van der Waals surface area contributed by atoms with Crippen LogP contribution in [0.2, 0.25) is 0 Å². The smallest absolute Gasteiger partial charge is 0.109 e. The molecule has 0 radical (unpaired) electrons. The van der Waals surface area contributed by atoms with Gasteiger partial charge in [0.2, 0.25) is 0 Å². The topological polar surface area (TPSA) is 80.9 Å². The lowest BCUT2D eigenvalue weighted by atomic mass is 10.1. The minimum Gasteiger partial charge on any atom is -0.389 e. The molecule has 0 aliphatic carbocycles. The van der Waals surface area contributed by atoms with Crippen LogP contribution >= 0.6 is 23.5 Å². The van der Waals surface area contributed by atoms with Crippen LogP contribution in [0.4, 0.5) is 0 Å². The average molecular weight is 439 g/mol. The Balaban J connectivity index is 3.70. The van der Waals surface area contributed by atoms with Gasteiger partial charge in [0.1, 0.15) is 12.2 Å². The van der Waals surface area contributed by atoms with Crippen LogP contribution in [0.25, 0.3) is 0 Å². The number of rotatable bonds is 21. The van der Waals surface area contributed by atoms with Crippen molar-refractivity contribution in [3.8, 4) is 0 Å². The molecule has 0 saturated heterocycles. The van der Waals surface area contributed by atoms with E-state index in [-0.39, 0.29) is 0 Å². The van der Waals surface area contributed by atoms with Gasteiger partial charge in [0.25, 0.3) is 0 Å². The Bertz CT molecular complexity index is 291. The monoisotopic (exact) mass is 438 g/mol. The van der Waals surface area contributed by atoms with Crippen LogP contribution in [0.15, 0.2) is 0 Å². The van der Waals surface area contributed by atoms with E-state index in [1.165, 1.54) is 64.2 Å². The first-order valence-electron chi connectivity index (χ1n) is 11.4. The van der Waals surface area contributed by atoms with Crippen molar-refractivity contribution in [2.24, 2.45) is 0 Å². The summed E-state index contributed by atoms with van der Waals surface area (Å²) < 4.78 is 0. The number of unbranched alkanes of at least 4 members (excludes halogenated alkanes) is 10. The maximum absolute atomic E-state index is 10.1. The zero-order valence-corrected chi connectivity index (χ0v) is 19.9. The molecular weight excluding hydrogens is 392 g/mol. The second-order valence-electron chi connectivity index (χ2n) is 7.80. The Morgan fingerprint density at radius 3 is 1.18 bits per heavy atom. The first kappa shape index (κ1) is 28.5. The van der Waals surface area contributed by atoms with Gasteiger partial charge in [0, 0.05) is 11.5 Å². The molecule has 0 aliphatic rings. The minimum absolute atomic E-state index is 0.394. The third-order valence-corrected chi connectivity index (χ3v) is 7.31. The van der Waals surface area contributed by atoms with Gasteiger partial charge in [-0.2, -0.15) is 23.5 Å². The predicted octanol–water partition coefficient (Wildman–Crippen LogP) is 4.62. The summed E-state index contributed by atoms with van der Waals surface area (Å²) >= 11 is 3.21. The Hall–Kier alpha value is 0.540. The molecule has 0 heterocycles. The highest BCUT2D eigenvalue weighted by Gasteiger charge is 2.30. The molecule has 4 N–H and O–H groups in total. The SMILES string of the molecule is CCCCCCCCSC[C@@H](O)[C@@H](O)[C@H](O)[C@H](O)CSCCCCCCCC. The zero-order chi connectivity index (χ0) is 21.0. The Morgan fingerprint density at radius 2 is 0.821 bits per heavy atom. The maximum Gasteiger partial charge on any atom is 0.109 e. The molecule has 6 heteroatoms. The molecule has 0 fully saturated rings. The van der Waals surface area contributed by atoms with Gasteiger partial charge in [0.15, 0.2) is 0 Å². The number of hydrogen-bond acceptors (Lipinski definition) is 6. The van der Waals surface area contributed by atoms with E-state index in [9.17, 15) is 20.4 Å². The van der Waals surface area contributed by atoms with Gasteiger partial charge >= 0.3 is 0 Å². The number of thioether (sulfide) groups is 2. The molecule has 0 aromatic carbocycles. The largest absolute Gasteiger partial charge is 0.389 e. The van der Waals surface area contributed by atoms with E-state index in [2.05, 4.69) is 13.8 Å². The van der Waals surface area contributed by atoms with E-state index in [1.807, 2.05) is 0 Å². The van der Waals surface area contributed by atoms with Crippen molar-refractivity contribution in [1.29, 1.82) is 0 Å². The molecule has 0 saturated carbocycles. The Labute approximate surface area is 182 Å². The molecule has 4 atom stereocenters. The summed E-state index contributed by atoms with van der Waals surface area (Å²) in [6.07, 6.45) is 10.3. The molecule has 0 amide bonds. The van der Waals surface area contributed by atoms with E-state index < -0.39 is 24.4 Å². The minimum atomic E-state index is -1.29. The fourth-order valence-electron chi connectivity index (χ4n) is 3.03. The molecule has 0 bridgehead atoms. The van der Waals surface area contributed by atoms with Crippen molar-refractivity contribution in [2.75, 3.05) is 23.0 Å². The standard InChI is InChI=1S/C22H46O4S2/c1-3-5-7-9-11-13-15-27-17-19(23)21(25)22(26)20(24)18-28-16-14-12-10-8-6-4-2/h19-26H,3-18H2,1-2H3/t19-,20-,21-,22-/m1/s1. The Morgan fingerprint density at radius 1 is 0.500 bits per heavy atom. The van der Waals surface area contributed by atoms with Crippen LogP contribution in [-0.2, 0) is 0 Å². The van der Waals surface area contributed by atoms with Gasteiger partial charge in [-0.1, -0.05) is 78.1 Å². The summed E-state index contributed by atoms with van der Waals surface area (Å²) in [5, 5.41) is 40.3. The Kier molecular flexibility index (Phi) is 21.2. The van der Waals surface area contributed by atoms with Crippen molar-refractivity contribution >= 4 is 23.5 Å². The number of aliphatic hydroxyl groups is 4. The molecule has 0 unspecified atom stereocenters. The van der Waals surface area contributed by atoms with Gasteiger partial charge in [-0.15, -0.1) is 0 Å². The van der Waals surface area contributed by atoms with E-state index in [1.54, 1.807) is 23.5 Å². The maximum atomic E-state index is 10.1. The summed E-state index contributed by atoms with van der Waals surface area (Å²) in [7, 11) is 0. The van der Waals surface area contributed by atoms with Gasteiger partial charge in [-0.25, -0.2) is 0 Å². The summed E-state index contributed by atoms with van der Waals surface area (Å²) in [5.41, 5.74) is 0. The molecule has 0 rings (SSSR count). The molecule has 4 nitrogen and oxygen atoms in total. The molecule has 170 valence electrons. The van der Waals surface area contributed by atoms with E-state index in [4.69, 9.17) is 0 Å². The van der Waals surface area contributed by atoms with Crippen molar-refractivity contribution in [2.45, 2.75) is 115 Å². The second-order valence-corrected chi connectivity index (χ2v) is 10.1. The van der Waals surface area contributed by atoms with Crippen molar-refractivity contribution in [3.05, 3.63) is 0 Å². The van der Waals surface area contributed by atoms with E-state index in [0.29, 0.717) is 11.5 Å². The summed E-state index contributed by atoms with van der Waals surface area (Å²) in [6.45, 7) is 4.42. The van der Waals surface area contributed by atoms with Crippen molar-refractivity contribution in [3.63, 3.8) is 0 Å². The van der Waals surface area contributed by atoms with Crippen LogP contribution in [0.3, 0.4) is 0 Å². The van der Waals surface area contributed by atoms with Gasteiger partial charge in [0.05, 0.1) is 12.2 Å². The third-order valence-electron chi connectivity index (χ3n) is 5.00. The molecule has 28 heavy (non-hydrogen) atoms. The highest BCUT2D eigenvalue weighted by atomic mass is 32.2. The highest BCUT2D eigenvalue weighted by Crippen LogP contribution is 2.17. The molecular formula is C22H46O4S2. The third kappa shape index (κ3) is 16.3. The summed E-state index contributed by atoms with van der Waals surface area (Å²) in [6, 6.07) is 0. The van der Waals surface area contributed by atoms with Gasteiger partial charge < -0.3 is 20.4 Å². The molecule has 0 spiro atoms. The van der Waals surface area contributed by atoms with Crippen LogP contribution in [0.1, 0.15) is 90.9 Å². The first-order valence-corrected chi connectivity index (χ1v) is 13.7. The normalized spacial score (nSPS) is 16.1. The van der Waals surface area contributed by atoms with Gasteiger partial charge in [-0.05, 0) is 24.3 Å². The lowest BCUT2D eigenvalue weighted by Crippen LogP contribution is -2.46. The number of aliphatic hydroxyl groups excluding tert-OH is 4. The number of hydrogen-bond donors (Lipinski definition) is 4. The van der Waals surface area contributed by atoms with Crippen molar-refractivity contribution in [1.82, 2.24) is 0 Å². The second kappa shape index (κ2) is 20.8.